The highest BCUT2D eigenvalue weighted by Crippen LogP contribution is 1.92. The molecule has 0 amide bonds. The van der Waals surface area contributed by atoms with E-state index in [1.807, 2.05) is 0 Å². The summed E-state index contributed by atoms with van der Waals surface area (Å²) in [5, 5.41) is 0. The highest BCUT2D eigenvalue weighted by atomic mass is 16.1. The Kier molecular flexibility index (Phi) is 1.01. The normalized spacial score (nSPS) is 20.7. The zero-order valence-electron chi connectivity index (χ0n) is 6.99. The Hall–Kier alpha value is -0.330. The van der Waals surface area contributed by atoms with Crippen molar-refractivity contribution in [3.8, 4) is 0 Å². The molecule has 1 nitrogen and oxygen atoms in total. The lowest BCUT2D eigenvalue weighted by atomic mass is 10.2. The molecule has 0 rings (SSSR count). The smallest absolute Gasteiger partial charge is 0.120 e. The molecule has 0 heterocycles. The SMILES string of the molecule is [2H]C(C)(C)C([2H])([2H])C=O. The molecule has 6 heavy (non-hydrogen) atoms. The molecule has 0 saturated heterocycles. The van der Waals surface area contributed by atoms with E-state index in [2.05, 4.69) is 0 Å². The molecule has 36 valence electrons. The fraction of sp³-hybridized carbons (Fsp3) is 0.800. The van der Waals surface area contributed by atoms with Crippen LogP contribution in [0.1, 0.15) is 24.3 Å². The van der Waals surface area contributed by atoms with Crippen LogP contribution in [0.4, 0.5) is 0 Å². The maximum absolute atomic E-state index is 9.98. The fourth-order valence-electron chi connectivity index (χ4n) is 0.118. The number of rotatable bonds is 2. The van der Waals surface area contributed by atoms with Crippen molar-refractivity contribution in [3.63, 3.8) is 0 Å². The van der Waals surface area contributed by atoms with Crippen LogP contribution < -0.4 is 0 Å². The molecule has 0 bridgehead atoms. The lowest BCUT2D eigenvalue weighted by Gasteiger charge is -1.89. The molecule has 0 aromatic carbocycles. The number of hydrogen-bond donors (Lipinski definition) is 0. The molecule has 0 aliphatic heterocycles. The molecule has 0 atom stereocenters. The highest BCUT2D eigenvalue weighted by Gasteiger charge is 1.85. The number of carbonyl (C=O) groups excluding carboxylic acids is 1. The van der Waals surface area contributed by atoms with E-state index in [0.717, 1.165) is 0 Å². The molecule has 0 saturated carbocycles. The first-order valence-electron chi connectivity index (χ1n) is 3.27. The van der Waals surface area contributed by atoms with Gasteiger partial charge in [0.2, 0.25) is 0 Å². The van der Waals surface area contributed by atoms with Crippen LogP contribution in [0, 0.1) is 5.89 Å². The molecule has 1 heteroatoms. The fourth-order valence-corrected chi connectivity index (χ4v) is 0.118. The zero-order valence-corrected chi connectivity index (χ0v) is 3.99. The zero-order chi connectivity index (χ0) is 7.71. The molecule has 0 aromatic rings. The summed E-state index contributed by atoms with van der Waals surface area (Å²) < 4.78 is 21.0. The van der Waals surface area contributed by atoms with Gasteiger partial charge in [-0.25, -0.2) is 0 Å². The predicted octanol–water partition coefficient (Wildman–Crippen LogP) is 1.23. The minimum absolute atomic E-state index is 0.167. The largest absolute Gasteiger partial charge is 0.303 e. The average molecular weight is 89.2 g/mol. The van der Waals surface area contributed by atoms with E-state index in [1.165, 1.54) is 13.8 Å². The summed E-state index contributed by atoms with van der Waals surface area (Å²) in [7, 11) is 0. The van der Waals surface area contributed by atoms with E-state index >= 15 is 0 Å². The summed E-state index contributed by atoms with van der Waals surface area (Å²) in [6, 6.07) is 0. The first kappa shape index (κ1) is 2.10. The topological polar surface area (TPSA) is 17.1 Å². The maximum Gasteiger partial charge on any atom is 0.120 e. The lowest BCUT2D eigenvalue weighted by Crippen LogP contribution is -1.84. The van der Waals surface area contributed by atoms with Gasteiger partial charge < -0.3 is 4.79 Å². The third kappa shape index (κ3) is 3.67. The van der Waals surface area contributed by atoms with E-state index in [1.54, 1.807) is 0 Å². The van der Waals surface area contributed by atoms with Crippen molar-refractivity contribution in [3.05, 3.63) is 0 Å². The molecule has 0 aliphatic rings. The molecule has 0 fully saturated rings. The number of carbonyl (C=O) groups is 1. The van der Waals surface area contributed by atoms with E-state index < -0.39 is 12.3 Å². The Morgan fingerprint density at radius 3 is 2.67 bits per heavy atom. The summed E-state index contributed by atoms with van der Waals surface area (Å²) in [6.07, 6.45) is -1.87. The van der Waals surface area contributed by atoms with Crippen LogP contribution >= 0.6 is 0 Å². The van der Waals surface area contributed by atoms with Crippen molar-refractivity contribution in [2.75, 3.05) is 0 Å². The standard InChI is InChI=1S/C5H10O/c1-5(2)3-4-6/h4-5H,3H2,1-2H3/i3D2,5D. The molecule has 0 spiro atoms. The maximum atomic E-state index is 9.98. The molecule has 0 N–H and O–H groups in total. The summed E-state index contributed by atoms with van der Waals surface area (Å²) in [5.41, 5.74) is 0. The van der Waals surface area contributed by atoms with E-state index in [9.17, 15) is 4.79 Å². The van der Waals surface area contributed by atoms with E-state index in [-0.39, 0.29) is 6.29 Å². The Balaban J connectivity index is 4.32. The van der Waals surface area contributed by atoms with Crippen LogP contribution in [0.2, 0.25) is 0 Å². The molecule has 0 aromatic heterocycles. The van der Waals surface area contributed by atoms with Crippen LogP contribution in [0.15, 0.2) is 0 Å². The van der Waals surface area contributed by atoms with Crippen LogP contribution in [0.25, 0.3) is 0 Å². The first-order valence-corrected chi connectivity index (χ1v) is 1.77. The van der Waals surface area contributed by atoms with Gasteiger partial charge in [0.15, 0.2) is 0 Å². The Morgan fingerprint density at radius 1 is 2.17 bits per heavy atom. The van der Waals surface area contributed by atoms with Gasteiger partial charge >= 0.3 is 0 Å². The second kappa shape index (κ2) is 2.88. The van der Waals surface area contributed by atoms with Crippen LogP contribution in [-0.2, 0) is 4.79 Å². The van der Waals surface area contributed by atoms with Crippen LogP contribution in [0.3, 0.4) is 0 Å². The minimum Gasteiger partial charge on any atom is -0.303 e. The summed E-state index contributed by atoms with van der Waals surface area (Å²) in [5.74, 6) is -1.34. The molecule has 0 unspecified atom stereocenters. The summed E-state index contributed by atoms with van der Waals surface area (Å²) in [6.45, 7) is 2.72. The number of aldehydes is 1. The summed E-state index contributed by atoms with van der Waals surface area (Å²) >= 11 is 0. The summed E-state index contributed by atoms with van der Waals surface area (Å²) in [4.78, 5) is 9.98. The minimum atomic E-state index is -2.03. The third-order valence-electron chi connectivity index (χ3n) is 0.348. The van der Waals surface area contributed by atoms with E-state index in [0.29, 0.717) is 0 Å². The molecular formula is C5H10O. The van der Waals surface area contributed by atoms with Gasteiger partial charge in [0, 0.05) is 10.5 Å². The van der Waals surface area contributed by atoms with E-state index in [4.69, 9.17) is 4.11 Å². The van der Waals surface area contributed by atoms with Gasteiger partial charge in [-0.2, -0.15) is 0 Å². The van der Waals surface area contributed by atoms with Crippen LogP contribution in [0.5, 0.6) is 0 Å². The Bertz CT molecular complexity index is 114. The van der Waals surface area contributed by atoms with Crippen molar-refractivity contribution in [1.29, 1.82) is 0 Å². The van der Waals surface area contributed by atoms with Gasteiger partial charge in [-0.3, -0.25) is 0 Å². The van der Waals surface area contributed by atoms with Gasteiger partial charge in [-0.1, -0.05) is 13.8 Å². The van der Waals surface area contributed by atoms with Gasteiger partial charge in [0.25, 0.3) is 0 Å². The quantitative estimate of drug-likeness (QED) is 0.465. The van der Waals surface area contributed by atoms with Gasteiger partial charge in [0.05, 0.1) is 0 Å². The first-order chi connectivity index (χ1) is 3.81. The van der Waals surface area contributed by atoms with Crippen LogP contribution in [-0.4, -0.2) is 6.29 Å². The second-order valence-corrected chi connectivity index (χ2v) is 1.26. The lowest BCUT2D eigenvalue weighted by molar-refractivity contribution is -0.108. The monoisotopic (exact) mass is 89.1 g/mol. The molecule has 0 aliphatic carbocycles. The number of hydrogen-bond acceptors (Lipinski definition) is 1. The second-order valence-electron chi connectivity index (χ2n) is 1.26. The van der Waals surface area contributed by atoms with Crippen molar-refractivity contribution < 1.29 is 8.91 Å². The van der Waals surface area contributed by atoms with Crippen molar-refractivity contribution in [1.82, 2.24) is 0 Å². The highest BCUT2D eigenvalue weighted by molar-refractivity contribution is 5.49. The Labute approximate surface area is 42.6 Å². The average Bonchev–Trinajstić information content (AvgIpc) is 1.64. The Morgan fingerprint density at radius 2 is 2.67 bits per heavy atom. The molecule has 0 radical (unpaired) electrons. The van der Waals surface area contributed by atoms with Gasteiger partial charge in [0.1, 0.15) is 6.29 Å². The van der Waals surface area contributed by atoms with Gasteiger partial charge in [-0.05, 0) is 5.89 Å². The molecular weight excluding hydrogens is 76.1 g/mol. The van der Waals surface area contributed by atoms with Gasteiger partial charge in [-0.15, -0.1) is 0 Å². The third-order valence-corrected chi connectivity index (χ3v) is 0.348. The van der Waals surface area contributed by atoms with Crippen molar-refractivity contribution >= 4 is 6.29 Å². The predicted molar refractivity (Wildman–Crippen MR) is 25.5 cm³/mol. The van der Waals surface area contributed by atoms with Crippen molar-refractivity contribution in [2.45, 2.75) is 20.2 Å². The van der Waals surface area contributed by atoms with Crippen molar-refractivity contribution in [2.24, 2.45) is 5.89 Å².